The Bertz CT molecular complexity index is 3060. The number of carbonyl (C=O) groups is 12. The number of unbranched alkanes of at least 4 members (excludes halogenated alkanes) is 2. The van der Waals surface area contributed by atoms with Gasteiger partial charge in [-0.3, -0.25) is 48.1 Å². The molecule has 6 N–H and O–H groups in total. The lowest BCUT2D eigenvalue weighted by molar-refractivity contribution is -0.159. The fourth-order valence-electron chi connectivity index (χ4n) is 13.1. The fraction of sp³-hybridized carbons (Fsp3) is 0.649. The topological polar surface area (TPSA) is 329 Å². The number of hydrogen-bond acceptors (Lipinski definition) is 16. The molecule has 1 unspecified atom stereocenters. The number of Topliss-reactive ketones (excluding diaryl/α,β-unsaturated/α-hetero) is 2. The molecule has 2 aromatic rings. The maximum atomic E-state index is 15.0. The summed E-state index contributed by atoms with van der Waals surface area (Å²) in [6.07, 6.45) is 3.83. The summed E-state index contributed by atoms with van der Waals surface area (Å²) in [4.78, 5) is 167. The normalized spacial score (nSPS) is 17.0. The lowest BCUT2D eigenvalue weighted by atomic mass is 9.83. The summed E-state index contributed by atoms with van der Waals surface area (Å²) in [6, 6.07) is 11.1. The average molecular weight is 1380 g/mol. The third kappa shape index (κ3) is 25.9. The number of ether oxygens (including phenoxy) is 4. The Balaban J connectivity index is 1.39. The number of urea groups is 1. The number of rotatable bonds is 41. The highest BCUT2D eigenvalue weighted by molar-refractivity contribution is 6.12. The number of imide groups is 1. The number of ketones is 2. The van der Waals surface area contributed by atoms with E-state index in [0.29, 0.717) is 62.7 Å². The van der Waals surface area contributed by atoms with E-state index in [4.69, 9.17) is 24.7 Å². The van der Waals surface area contributed by atoms with Gasteiger partial charge in [0.15, 0.2) is 11.6 Å². The predicted molar refractivity (Wildman–Crippen MR) is 375 cm³/mol. The molecule has 4 rings (SSSR count). The van der Waals surface area contributed by atoms with Crippen molar-refractivity contribution in [3.63, 3.8) is 0 Å². The maximum Gasteiger partial charge on any atom is 0.410 e. The molecule has 0 aromatic heterocycles. The van der Waals surface area contributed by atoms with Gasteiger partial charge in [0.2, 0.25) is 29.5 Å². The third-order valence-corrected chi connectivity index (χ3v) is 18.7. The summed E-state index contributed by atoms with van der Waals surface area (Å²) >= 11 is 0. The van der Waals surface area contributed by atoms with E-state index in [-0.39, 0.29) is 117 Å². The molecule has 0 radical (unpaired) electrons. The highest BCUT2D eigenvalue weighted by atomic mass is 16.6. The van der Waals surface area contributed by atoms with Crippen molar-refractivity contribution in [2.24, 2.45) is 47.2 Å². The number of hydrogen-bond donors (Lipinski definition) is 5. The molecular formula is C74H113N9O16. The van der Waals surface area contributed by atoms with Crippen molar-refractivity contribution >= 4 is 76.7 Å². The summed E-state index contributed by atoms with van der Waals surface area (Å²) in [7, 11) is 6.15. The monoisotopic (exact) mass is 1380 g/mol. The van der Waals surface area contributed by atoms with Gasteiger partial charge in [-0.1, -0.05) is 118 Å². The maximum absolute atomic E-state index is 15.0. The van der Waals surface area contributed by atoms with Crippen LogP contribution in [0.15, 0.2) is 66.7 Å². The minimum atomic E-state index is -0.985. The molecule has 1 saturated heterocycles. The van der Waals surface area contributed by atoms with Crippen LogP contribution >= 0.6 is 0 Å². The van der Waals surface area contributed by atoms with Crippen LogP contribution in [-0.2, 0) is 79.9 Å². The highest BCUT2D eigenvalue weighted by Gasteiger charge is 2.45. The first-order valence-corrected chi connectivity index (χ1v) is 35.0. The average Bonchev–Trinajstić information content (AvgIpc) is 1.75. The third-order valence-electron chi connectivity index (χ3n) is 18.7. The molecule has 99 heavy (non-hydrogen) atoms. The first-order valence-electron chi connectivity index (χ1n) is 35.0. The molecule has 2 heterocycles. The second-order valence-electron chi connectivity index (χ2n) is 28.5. The summed E-state index contributed by atoms with van der Waals surface area (Å²) in [5.74, 6) is -7.51. The number of nitrogens with zero attached hydrogens (tertiary/aromatic N) is 4. The molecule has 2 aliphatic heterocycles. The predicted octanol–water partition coefficient (Wildman–Crippen LogP) is 8.09. The molecule has 1 fully saturated rings. The molecule has 25 heteroatoms. The van der Waals surface area contributed by atoms with Gasteiger partial charge < -0.3 is 60.6 Å². The van der Waals surface area contributed by atoms with E-state index < -0.39 is 102 Å². The van der Waals surface area contributed by atoms with Crippen LogP contribution in [0.4, 0.5) is 15.3 Å². The van der Waals surface area contributed by atoms with E-state index in [1.54, 1.807) is 96.5 Å². The first kappa shape index (κ1) is 83.4. The van der Waals surface area contributed by atoms with Gasteiger partial charge >= 0.3 is 18.1 Å². The number of anilines is 1. The Kier molecular flexibility index (Phi) is 33.9. The van der Waals surface area contributed by atoms with Crippen molar-refractivity contribution in [1.29, 1.82) is 0 Å². The number of nitrogens with two attached hydrogens (primary N) is 1. The number of carbonyl (C=O) groups excluding carboxylic acids is 12. The highest BCUT2D eigenvalue weighted by Crippen LogP contribution is 2.32. The van der Waals surface area contributed by atoms with E-state index in [0.717, 1.165) is 10.5 Å². The van der Waals surface area contributed by atoms with Gasteiger partial charge in [-0.05, 0) is 106 Å². The number of primary amides is 1. The van der Waals surface area contributed by atoms with Crippen LogP contribution in [0.3, 0.4) is 0 Å². The Morgan fingerprint density at radius 1 is 0.717 bits per heavy atom. The summed E-state index contributed by atoms with van der Waals surface area (Å²) in [5.41, 5.74) is 6.24. The van der Waals surface area contributed by atoms with E-state index >= 15 is 0 Å². The Morgan fingerprint density at radius 3 is 1.93 bits per heavy atom. The van der Waals surface area contributed by atoms with Crippen molar-refractivity contribution in [2.75, 3.05) is 53.3 Å². The molecule has 550 valence electrons. The lowest BCUT2D eigenvalue weighted by Crippen LogP contribution is -2.55. The molecular weight excluding hydrogens is 1270 g/mol. The van der Waals surface area contributed by atoms with Crippen LogP contribution in [0, 0.1) is 41.4 Å². The smallest absolute Gasteiger partial charge is 0.410 e. The molecule has 11 atom stereocenters. The van der Waals surface area contributed by atoms with Gasteiger partial charge in [0, 0.05) is 103 Å². The molecule has 0 saturated carbocycles. The molecule has 0 spiro atoms. The van der Waals surface area contributed by atoms with Gasteiger partial charge in [-0.2, -0.15) is 0 Å². The van der Waals surface area contributed by atoms with Crippen LogP contribution in [0.1, 0.15) is 171 Å². The van der Waals surface area contributed by atoms with Crippen molar-refractivity contribution in [1.82, 2.24) is 35.6 Å². The SMILES string of the molecule is CC[C@H](C)[C@@H](C(CC(=O)N1CCC[C@H]1[C@H](OC)[C@@H](C)C(=O)N[C@@H](Cc1ccccc1)C(=O)OC(C)(C)C)OC)N(C)C(=O)[C@@H](CC(=O)[C@H](C(C)C)N(C)C(=O)OCc1ccc(NC(=O)[C@H](CCCNC(N)=O)CC(=O)[C@@H](NC(=O)CCCCCN2C(=O)C=CC2=O)C(C)C)cc1)C(C)C. The van der Waals surface area contributed by atoms with Gasteiger partial charge in [0.1, 0.15) is 18.2 Å². The van der Waals surface area contributed by atoms with Crippen LogP contribution < -0.4 is 27.0 Å². The minimum Gasteiger partial charge on any atom is -0.458 e. The number of methoxy groups -OCH3 is 2. The van der Waals surface area contributed by atoms with Crippen LogP contribution in [-0.4, -0.2) is 187 Å². The van der Waals surface area contributed by atoms with Crippen molar-refractivity contribution in [3.05, 3.63) is 77.9 Å². The Labute approximate surface area is 585 Å². The van der Waals surface area contributed by atoms with Gasteiger partial charge in [0.05, 0.1) is 48.7 Å². The van der Waals surface area contributed by atoms with E-state index in [1.165, 1.54) is 38.3 Å². The van der Waals surface area contributed by atoms with E-state index in [9.17, 15) is 57.5 Å². The molecule has 25 nitrogen and oxygen atoms in total. The van der Waals surface area contributed by atoms with Gasteiger partial charge in [0.25, 0.3) is 11.8 Å². The number of benzene rings is 2. The Hall–Kier alpha value is -8.06. The zero-order valence-corrected chi connectivity index (χ0v) is 61.4. The molecule has 2 aliphatic rings. The van der Waals surface area contributed by atoms with Crippen LogP contribution in [0.5, 0.6) is 0 Å². The molecule has 0 aliphatic carbocycles. The van der Waals surface area contributed by atoms with Crippen LogP contribution in [0.2, 0.25) is 0 Å². The quantitative estimate of drug-likeness (QED) is 0.0238. The number of amides is 10. The largest absolute Gasteiger partial charge is 0.458 e. The van der Waals surface area contributed by atoms with Gasteiger partial charge in [-0.15, -0.1) is 0 Å². The summed E-state index contributed by atoms with van der Waals surface area (Å²) in [5, 5.41) is 11.1. The van der Waals surface area contributed by atoms with Gasteiger partial charge in [-0.25, -0.2) is 14.4 Å². The van der Waals surface area contributed by atoms with E-state index in [2.05, 4.69) is 21.3 Å². The Morgan fingerprint density at radius 2 is 1.36 bits per heavy atom. The first-order chi connectivity index (χ1) is 46.6. The number of likely N-dealkylation sites (tertiary alicyclic amines) is 1. The summed E-state index contributed by atoms with van der Waals surface area (Å²) < 4.78 is 23.6. The minimum absolute atomic E-state index is 0.1000. The second-order valence-corrected chi connectivity index (χ2v) is 28.5. The zero-order valence-electron chi connectivity index (χ0n) is 61.4. The molecule has 2 aromatic carbocycles. The molecule has 0 bridgehead atoms. The zero-order chi connectivity index (χ0) is 74.0. The van der Waals surface area contributed by atoms with E-state index in [1.807, 2.05) is 58.0 Å². The van der Waals surface area contributed by atoms with Crippen LogP contribution in [0.25, 0.3) is 0 Å². The van der Waals surface area contributed by atoms with Crippen molar-refractivity contribution < 1.29 is 76.5 Å². The lowest BCUT2D eigenvalue weighted by Gasteiger charge is -2.41. The fourth-order valence-corrected chi connectivity index (χ4v) is 13.1. The number of likely N-dealkylation sites (N-methyl/N-ethyl adjacent to an activating group) is 2. The van der Waals surface area contributed by atoms with Crippen molar-refractivity contribution in [3.8, 4) is 0 Å². The summed E-state index contributed by atoms with van der Waals surface area (Å²) in [6.45, 7) is 22.5. The number of nitrogens with one attached hydrogen (secondary N) is 4. The molecule has 10 amide bonds. The standard InChI is InChI=1S/C74H113N9O16/c1-17-48(8)66(59(96-15)43-63(89)82-39-25-29-56(82)67(97-16)49(9)68(90)78-55(71(93)99-74(10,11)12)40-50-26-20-18-21-27-50)80(13)70(92)54(45(2)3)42-58(85)65(47(6)7)81(14)73(95)98-44-51-31-33-53(34-32-51)77-69(91)52(28-24-37-76-72(75)94)41-57(84)64(46(4)5)79-60(86)30-22-19-23-38-83-61(87)35-36-62(83)88/h18,20-21,26-27,31-36,45-49,52,54-56,59,64-67H,17,19,22-25,28-30,37-44H2,1-16H3,(H,77,91)(H,78,90)(H,79,86)(H3,75,76,94)/t48-,49+,52+,54-,55-,56-,59?,64-,65-,66-,67+/m0/s1. The second kappa shape index (κ2) is 40.3. The van der Waals surface area contributed by atoms with Crippen molar-refractivity contribution in [2.45, 2.75) is 221 Å². The number of esters is 1.